The normalized spacial score (nSPS) is 21.2. The van der Waals surface area contributed by atoms with Gasteiger partial charge in [-0.15, -0.1) is 6.42 Å². The Bertz CT molecular complexity index is 2330. The lowest BCUT2D eigenvalue weighted by atomic mass is 9.95. The van der Waals surface area contributed by atoms with E-state index < -0.39 is 17.2 Å². The molecule has 5 heterocycles. The fraction of sp³-hybridized carbons (Fsp3) is 0.500. The molecule has 12 nitrogen and oxygen atoms in total. The quantitative estimate of drug-likeness (QED) is 0.0864. The third kappa shape index (κ3) is 7.57. The number of fused-ring (bicyclic) bond motifs is 5. The van der Waals surface area contributed by atoms with Crippen molar-refractivity contribution in [3.05, 3.63) is 52.6 Å². The Hall–Kier alpha value is -5.26. The molecule has 3 aliphatic heterocycles. The average Bonchev–Trinajstić information content (AvgIpc) is 3.70. The molecule has 14 heteroatoms. The van der Waals surface area contributed by atoms with Crippen LogP contribution in [0, 0.1) is 35.8 Å². The van der Waals surface area contributed by atoms with Crippen LogP contribution in [0.5, 0.6) is 17.6 Å². The van der Waals surface area contributed by atoms with E-state index in [1.165, 1.54) is 26.7 Å². The molecule has 4 aromatic rings. The van der Waals surface area contributed by atoms with E-state index in [0.717, 1.165) is 55.5 Å². The Morgan fingerprint density at radius 3 is 2.33 bits per heavy atom. The number of carbonyl (C=O) groups is 1. The first kappa shape index (κ1) is 39.6. The number of piperidine rings is 1. The maximum absolute atomic E-state index is 17.6. The van der Waals surface area contributed by atoms with Gasteiger partial charge in [-0.05, 0) is 94.9 Å². The fourth-order valence-corrected chi connectivity index (χ4v) is 8.76. The lowest BCUT2D eigenvalue weighted by Gasteiger charge is -2.42. The Morgan fingerprint density at radius 1 is 0.966 bits per heavy atom. The average molecular weight is 797 g/mol. The zero-order valence-electron chi connectivity index (χ0n) is 34.2. The molecule has 2 bridgehead atoms. The molecule has 306 valence electrons. The van der Waals surface area contributed by atoms with Gasteiger partial charge < -0.3 is 28.6 Å². The molecule has 0 spiro atoms. The number of anilines is 1. The predicted octanol–water partition coefficient (Wildman–Crippen LogP) is 7.35. The van der Waals surface area contributed by atoms with E-state index in [0.29, 0.717) is 30.0 Å². The first-order valence-corrected chi connectivity index (χ1v) is 19.8. The summed E-state index contributed by atoms with van der Waals surface area (Å²) in [5, 5.41) is 1.02. The minimum Gasteiger partial charge on any atom is -0.480 e. The van der Waals surface area contributed by atoms with E-state index in [-0.39, 0.29) is 76.6 Å². The summed E-state index contributed by atoms with van der Waals surface area (Å²) in [5.74, 6) is 3.31. The summed E-state index contributed by atoms with van der Waals surface area (Å²) in [5.41, 5.74) is 1.43. The first-order chi connectivity index (χ1) is 27.8. The number of benzene rings is 2. The molecule has 2 aromatic heterocycles. The van der Waals surface area contributed by atoms with Gasteiger partial charge in [-0.1, -0.05) is 17.6 Å². The predicted molar refractivity (Wildman–Crippen MR) is 216 cm³/mol. The minimum atomic E-state index is -0.809. The smallest absolute Gasteiger partial charge is 0.410 e. The second-order valence-electron chi connectivity index (χ2n) is 17.0. The molecule has 3 saturated heterocycles. The summed E-state index contributed by atoms with van der Waals surface area (Å²) in [6.07, 6.45) is 8.34. The van der Waals surface area contributed by atoms with E-state index in [2.05, 4.69) is 24.7 Å². The highest BCUT2D eigenvalue weighted by molar-refractivity contribution is 6.04. The van der Waals surface area contributed by atoms with Crippen LogP contribution in [-0.4, -0.2) is 109 Å². The van der Waals surface area contributed by atoms with E-state index in [4.69, 9.17) is 45.1 Å². The summed E-state index contributed by atoms with van der Waals surface area (Å²) >= 11 is 0. The van der Waals surface area contributed by atoms with Crippen molar-refractivity contribution in [2.75, 3.05) is 65.2 Å². The summed E-state index contributed by atoms with van der Waals surface area (Å²) in [4.78, 5) is 34.1. The van der Waals surface area contributed by atoms with Gasteiger partial charge in [0.2, 0.25) is 5.88 Å². The summed E-state index contributed by atoms with van der Waals surface area (Å²) in [6, 6.07) is 5.67. The highest BCUT2D eigenvalue weighted by Crippen LogP contribution is 2.46. The fourth-order valence-electron chi connectivity index (χ4n) is 8.76. The Balaban J connectivity index is 1.26. The van der Waals surface area contributed by atoms with Gasteiger partial charge in [0.15, 0.2) is 12.6 Å². The van der Waals surface area contributed by atoms with E-state index in [9.17, 15) is 4.79 Å². The number of nitrogens with zero attached hydrogens (tertiary/aromatic N) is 6. The molecule has 1 saturated carbocycles. The molecule has 2 aromatic carbocycles. The van der Waals surface area contributed by atoms with Crippen molar-refractivity contribution < 1.29 is 37.3 Å². The molecule has 4 aliphatic rings. The zero-order valence-corrected chi connectivity index (χ0v) is 34.2. The van der Waals surface area contributed by atoms with Crippen LogP contribution in [0.25, 0.3) is 32.9 Å². The second-order valence-corrected chi connectivity index (χ2v) is 17.0. The van der Waals surface area contributed by atoms with Crippen molar-refractivity contribution in [1.29, 1.82) is 0 Å². The molecule has 1 aliphatic carbocycles. The van der Waals surface area contributed by atoms with Crippen molar-refractivity contribution >= 4 is 33.6 Å². The summed E-state index contributed by atoms with van der Waals surface area (Å²) < 4.78 is 61.9. The van der Waals surface area contributed by atoms with Crippen molar-refractivity contribution in [2.45, 2.75) is 71.6 Å². The molecule has 8 rings (SSSR count). The number of allylic oxidation sites excluding steroid dienone is 1. The topological polar surface area (TPSA) is 112 Å². The number of amides is 1. The number of aromatic nitrogens is 3. The summed E-state index contributed by atoms with van der Waals surface area (Å²) in [6.45, 7) is 13.5. The number of hydrogen-bond acceptors (Lipinski definition) is 11. The van der Waals surface area contributed by atoms with Gasteiger partial charge in [0, 0.05) is 50.8 Å². The molecule has 4 unspecified atom stereocenters. The van der Waals surface area contributed by atoms with Crippen molar-refractivity contribution in [1.82, 2.24) is 24.8 Å². The maximum atomic E-state index is 17.6. The van der Waals surface area contributed by atoms with E-state index in [1.807, 2.05) is 30.6 Å². The molecule has 4 atom stereocenters. The molecular weight excluding hydrogens is 747 g/mol. The van der Waals surface area contributed by atoms with E-state index in [1.54, 1.807) is 18.2 Å². The van der Waals surface area contributed by atoms with E-state index >= 15 is 8.78 Å². The number of methoxy groups -OCH3 is 2. The van der Waals surface area contributed by atoms with Crippen LogP contribution >= 0.6 is 0 Å². The Kier molecular flexibility index (Phi) is 10.6. The zero-order chi connectivity index (χ0) is 41.0. The van der Waals surface area contributed by atoms with Crippen LogP contribution in [-0.2, 0) is 9.47 Å². The molecule has 1 amide bonds. The SMILES string of the molecule is C#Cc1c(F)ccc2cc(OCOC)cc(-c3nc(OC)c4c(N5CC6CCC(C5)N6C(=O)OC(C)(C)C)nc(OCC(CN5CC6CC6C5)=C(C)C)nc4c3F)c12. The maximum Gasteiger partial charge on any atom is 0.410 e. The van der Waals surface area contributed by atoms with Crippen LogP contribution in [0.1, 0.15) is 59.4 Å². The number of halogens is 2. The highest BCUT2D eigenvalue weighted by atomic mass is 19.1. The van der Waals surface area contributed by atoms with Gasteiger partial charge in [-0.2, -0.15) is 9.97 Å². The molecule has 0 N–H and O–H groups in total. The number of carbonyl (C=O) groups excluding carboxylic acids is 1. The van der Waals surface area contributed by atoms with Crippen LogP contribution in [0.2, 0.25) is 0 Å². The Labute approximate surface area is 337 Å². The van der Waals surface area contributed by atoms with Gasteiger partial charge in [0.05, 0.1) is 24.8 Å². The number of ether oxygens (including phenoxy) is 5. The minimum absolute atomic E-state index is 0.0251. The van der Waals surface area contributed by atoms with Gasteiger partial charge in [0.25, 0.3) is 0 Å². The second kappa shape index (κ2) is 15.5. The van der Waals surface area contributed by atoms with Crippen molar-refractivity contribution in [3.63, 3.8) is 0 Å². The van der Waals surface area contributed by atoms with Crippen LogP contribution in [0.4, 0.5) is 19.4 Å². The number of likely N-dealkylation sites (tertiary alicyclic amines) is 1. The highest BCUT2D eigenvalue weighted by Gasteiger charge is 2.46. The number of hydrogen-bond donors (Lipinski definition) is 0. The standard InChI is InChI=1S/C44H50F2N6O6/c1-9-32-34(45)13-10-25-15-31(57-23-54-7)16-33(35(25)32)38-37(46)39-36(41(47-38)55-8)40(51-20-29-11-12-30(21-51)52(29)43(53)58-44(4,5)6)49-42(48-39)56-22-28(24(2)3)19-50-17-26-14-27(26)18-50/h1,10,13,15-16,26-27,29-30H,11-12,14,17-23H2,2-8H3. The van der Waals surface area contributed by atoms with Gasteiger partial charge in [0.1, 0.15) is 46.2 Å². The van der Waals surface area contributed by atoms with Crippen molar-refractivity contribution in [3.8, 4) is 41.2 Å². The molecular formula is C44H50F2N6O6. The number of pyridine rings is 1. The van der Waals surface area contributed by atoms with Crippen LogP contribution in [0.15, 0.2) is 35.4 Å². The van der Waals surface area contributed by atoms with Crippen LogP contribution < -0.4 is 19.1 Å². The van der Waals surface area contributed by atoms with Crippen molar-refractivity contribution in [2.24, 2.45) is 11.8 Å². The lowest BCUT2D eigenvalue weighted by Crippen LogP contribution is -2.57. The number of rotatable bonds is 11. The van der Waals surface area contributed by atoms with Gasteiger partial charge in [-0.3, -0.25) is 9.80 Å². The largest absolute Gasteiger partial charge is 0.480 e. The summed E-state index contributed by atoms with van der Waals surface area (Å²) in [7, 11) is 2.92. The molecule has 4 fully saturated rings. The third-order valence-corrected chi connectivity index (χ3v) is 11.6. The monoisotopic (exact) mass is 796 g/mol. The van der Waals surface area contributed by atoms with Gasteiger partial charge >= 0.3 is 12.1 Å². The first-order valence-electron chi connectivity index (χ1n) is 19.8. The van der Waals surface area contributed by atoms with Gasteiger partial charge in [-0.25, -0.2) is 18.6 Å². The number of terminal acetylenes is 1. The molecule has 0 radical (unpaired) electrons. The number of piperazine rings is 1. The lowest BCUT2D eigenvalue weighted by molar-refractivity contribution is 0.0122. The third-order valence-electron chi connectivity index (χ3n) is 11.6. The molecule has 58 heavy (non-hydrogen) atoms. The Morgan fingerprint density at radius 2 is 1.69 bits per heavy atom. The van der Waals surface area contributed by atoms with Crippen LogP contribution in [0.3, 0.4) is 0 Å².